The Bertz CT molecular complexity index is 1350. The Morgan fingerprint density at radius 3 is 2.49 bits per heavy atom. The second-order valence-corrected chi connectivity index (χ2v) is 10.4. The van der Waals surface area contributed by atoms with Crippen molar-refractivity contribution in [2.75, 3.05) is 26.2 Å². The number of carbonyl (C=O) groups is 2. The number of likely N-dealkylation sites (tertiary alicyclic amines) is 2. The number of ether oxygens (including phenoxy) is 1. The molecule has 3 aromatic rings. The molecule has 5 rings (SSSR count). The lowest BCUT2D eigenvalue weighted by atomic mass is 10.0. The van der Waals surface area contributed by atoms with Crippen LogP contribution in [0.5, 0.6) is 5.75 Å². The number of pyridine rings is 1. The number of hydrogen-bond donors (Lipinski definition) is 0. The van der Waals surface area contributed by atoms with Gasteiger partial charge in [0.25, 0.3) is 11.8 Å². The number of halogens is 1. The van der Waals surface area contributed by atoms with E-state index in [1.165, 1.54) is 6.07 Å². The average molecular weight is 567 g/mol. The molecule has 0 spiro atoms. The van der Waals surface area contributed by atoms with Gasteiger partial charge in [-0.1, -0.05) is 40.2 Å². The molecule has 0 saturated carbocycles. The molecule has 10 heteroatoms. The van der Waals surface area contributed by atoms with E-state index < -0.39 is 11.0 Å². The second-order valence-electron chi connectivity index (χ2n) is 9.45. The molecule has 2 saturated heterocycles. The van der Waals surface area contributed by atoms with E-state index in [0.717, 1.165) is 30.0 Å². The van der Waals surface area contributed by atoms with E-state index in [-0.39, 0.29) is 35.4 Å². The van der Waals surface area contributed by atoms with Crippen molar-refractivity contribution in [2.45, 2.75) is 38.2 Å². The molecule has 0 unspecified atom stereocenters. The van der Waals surface area contributed by atoms with Crippen LogP contribution in [0.1, 0.15) is 52.8 Å². The van der Waals surface area contributed by atoms with Crippen LogP contribution >= 0.6 is 15.9 Å². The van der Waals surface area contributed by atoms with Gasteiger partial charge in [0.1, 0.15) is 6.10 Å². The topological polar surface area (TPSA) is 106 Å². The average Bonchev–Trinajstić information content (AvgIpc) is 2.93. The van der Waals surface area contributed by atoms with Crippen LogP contribution in [-0.2, 0) is 0 Å². The normalized spacial score (nSPS) is 18.0. The first kappa shape index (κ1) is 25.1. The minimum atomic E-state index is -0.527. The van der Waals surface area contributed by atoms with Gasteiger partial charge in [0.05, 0.1) is 22.6 Å². The Morgan fingerprint density at radius 2 is 1.70 bits per heavy atom. The maximum absolute atomic E-state index is 13.5. The Labute approximate surface area is 222 Å². The summed E-state index contributed by atoms with van der Waals surface area (Å²) in [4.78, 5) is 46.0. The predicted octanol–water partition coefficient (Wildman–Crippen LogP) is 5.22. The highest BCUT2D eigenvalue weighted by Crippen LogP contribution is 2.37. The summed E-state index contributed by atoms with van der Waals surface area (Å²) in [5.74, 6) is -0.466. The molecule has 0 aliphatic carbocycles. The van der Waals surface area contributed by atoms with E-state index in [0.29, 0.717) is 42.5 Å². The monoisotopic (exact) mass is 566 g/mol. The molecule has 9 nitrogen and oxygen atoms in total. The standard InChI is InChI=1S/C27H27BrN4O5/c28-19-13-22(26(33)30-10-4-1-5-11-30)25(24(14-19)32(35)36)37-20-8-6-12-31(17-20)27(34)23-16-29-15-18-7-2-3-9-21(18)23/h2-3,7,9,13-16,20H,1,4-6,8,10-12,17H2/t20-/m1/s1. The number of nitrogens with zero attached hydrogens (tertiary/aromatic N) is 4. The SMILES string of the molecule is O=C(c1cc(Br)cc([N+](=O)[O-])c1O[C@@H]1CCCN(C(=O)c2cncc3ccccc23)C1)N1CCCCC1. The van der Waals surface area contributed by atoms with Crippen molar-refractivity contribution >= 4 is 44.2 Å². The van der Waals surface area contributed by atoms with E-state index in [9.17, 15) is 19.7 Å². The van der Waals surface area contributed by atoms with Gasteiger partial charge in [0.15, 0.2) is 0 Å². The van der Waals surface area contributed by atoms with Crippen LogP contribution in [0.3, 0.4) is 0 Å². The molecule has 37 heavy (non-hydrogen) atoms. The van der Waals surface area contributed by atoms with Gasteiger partial charge in [-0.2, -0.15) is 0 Å². The molecule has 2 amide bonds. The molecule has 0 bridgehead atoms. The van der Waals surface area contributed by atoms with Crippen LogP contribution in [-0.4, -0.2) is 63.8 Å². The van der Waals surface area contributed by atoms with Gasteiger partial charge in [-0.3, -0.25) is 24.7 Å². The highest BCUT2D eigenvalue weighted by molar-refractivity contribution is 9.10. The van der Waals surface area contributed by atoms with Crippen molar-refractivity contribution < 1.29 is 19.2 Å². The highest BCUT2D eigenvalue weighted by atomic mass is 79.9. The van der Waals surface area contributed by atoms with Crippen LogP contribution < -0.4 is 4.74 Å². The fourth-order valence-electron chi connectivity index (χ4n) is 5.11. The maximum Gasteiger partial charge on any atom is 0.312 e. The van der Waals surface area contributed by atoms with E-state index >= 15 is 0 Å². The minimum absolute atomic E-state index is 0.0325. The van der Waals surface area contributed by atoms with Crippen molar-refractivity contribution in [2.24, 2.45) is 0 Å². The Hall–Kier alpha value is -3.53. The summed E-state index contributed by atoms with van der Waals surface area (Å²) in [5.41, 5.74) is 0.412. The third-order valence-corrected chi connectivity index (χ3v) is 7.41. The third-order valence-electron chi connectivity index (χ3n) is 6.95. The number of piperidine rings is 2. The van der Waals surface area contributed by atoms with Crippen molar-refractivity contribution in [1.29, 1.82) is 0 Å². The van der Waals surface area contributed by atoms with Crippen LogP contribution in [0.15, 0.2) is 53.3 Å². The lowest BCUT2D eigenvalue weighted by molar-refractivity contribution is -0.386. The van der Waals surface area contributed by atoms with Crippen LogP contribution in [0.25, 0.3) is 10.8 Å². The summed E-state index contributed by atoms with van der Waals surface area (Å²) in [6.07, 6.45) is 6.96. The molecule has 2 fully saturated rings. The minimum Gasteiger partial charge on any atom is -0.481 e. The fourth-order valence-corrected chi connectivity index (χ4v) is 5.55. The zero-order valence-corrected chi connectivity index (χ0v) is 21.9. The fraction of sp³-hybridized carbons (Fsp3) is 0.370. The number of nitro groups is 1. The first-order chi connectivity index (χ1) is 17.9. The molecule has 1 atom stereocenters. The highest BCUT2D eigenvalue weighted by Gasteiger charge is 2.33. The zero-order valence-electron chi connectivity index (χ0n) is 20.3. The quantitative estimate of drug-likeness (QED) is 0.310. The van der Waals surface area contributed by atoms with E-state index in [2.05, 4.69) is 20.9 Å². The Morgan fingerprint density at radius 1 is 0.973 bits per heavy atom. The van der Waals surface area contributed by atoms with E-state index in [1.807, 2.05) is 24.3 Å². The number of carbonyl (C=O) groups excluding carboxylic acids is 2. The Balaban J connectivity index is 1.42. The van der Waals surface area contributed by atoms with Crippen LogP contribution in [0.4, 0.5) is 5.69 Å². The third kappa shape index (κ3) is 5.29. The largest absolute Gasteiger partial charge is 0.481 e. The van der Waals surface area contributed by atoms with Gasteiger partial charge in [0, 0.05) is 48.0 Å². The maximum atomic E-state index is 13.5. The summed E-state index contributed by atoms with van der Waals surface area (Å²) in [5, 5.41) is 13.7. The number of fused-ring (bicyclic) bond motifs is 1. The number of rotatable bonds is 5. The molecule has 0 N–H and O–H groups in total. The number of aromatic nitrogens is 1. The lowest BCUT2D eigenvalue weighted by Crippen LogP contribution is -2.44. The molecule has 192 valence electrons. The molecular formula is C27H27BrN4O5. The molecule has 0 radical (unpaired) electrons. The van der Waals surface area contributed by atoms with Gasteiger partial charge < -0.3 is 14.5 Å². The van der Waals surface area contributed by atoms with Crippen LogP contribution in [0.2, 0.25) is 0 Å². The summed E-state index contributed by atoms with van der Waals surface area (Å²) >= 11 is 3.32. The summed E-state index contributed by atoms with van der Waals surface area (Å²) in [7, 11) is 0. The summed E-state index contributed by atoms with van der Waals surface area (Å²) in [6.45, 7) is 2.03. The van der Waals surface area contributed by atoms with Gasteiger partial charge in [-0.15, -0.1) is 0 Å². The molecule has 2 aliphatic heterocycles. The molecule has 2 aliphatic rings. The van der Waals surface area contributed by atoms with Crippen molar-refractivity contribution in [3.05, 3.63) is 74.5 Å². The van der Waals surface area contributed by atoms with Crippen LogP contribution in [0, 0.1) is 10.1 Å². The number of hydrogen-bond acceptors (Lipinski definition) is 6. The molecule has 1 aromatic heterocycles. The number of nitro benzene ring substituents is 1. The summed E-state index contributed by atoms with van der Waals surface area (Å²) < 4.78 is 6.67. The van der Waals surface area contributed by atoms with Gasteiger partial charge in [-0.25, -0.2) is 0 Å². The number of benzene rings is 2. The van der Waals surface area contributed by atoms with Gasteiger partial charge in [0.2, 0.25) is 5.75 Å². The van der Waals surface area contributed by atoms with E-state index in [1.54, 1.807) is 28.3 Å². The molecule has 3 heterocycles. The second kappa shape index (κ2) is 10.8. The first-order valence-electron chi connectivity index (χ1n) is 12.5. The molecule has 2 aromatic carbocycles. The lowest BCUT2D eigenvalue weighted by Gasteiger charge is -2.33. The van der Waals surface area contributed by atoms with E-state index in [4.69, 9.17) is 4.74 Å². The van der Waals surface area contributed by atoms with Crippen molar-refractivity contribution in [3.8, 4) is 5.75 Å². The molecular weight excluding hydrogens is 540 g/mol. The summed E-state index contributed by atoms with van der Waals surface area (Å²) in [6, 6.07) is 10.5. The zero-order chi connectivity index (χ0) is 25.9. The van der Waals surface area contributed by atoms with Gasteiger partial charge >= 0.3 is 5.69 Å². The predicted molar refractivity (Wildman–Crippen MR) is 142 cm³/mol. The van der Waals surface area contributed by atoms with Gasteiger partial charge in [-0.05, 0) is 43.6 Å². The van der Waals surface area contributed by atoms with Crippen molar-refractivity contribution in [1.82, 2.24) is 14.8 Å². The first-order valence-corrected chi connectivity index (χ1v) is 13.3. The van der Waals surface area contributed by atoms with Crippen molar-refractivity contribution in [3.63, 3.8) is 0 Å². The smallest absolute Gasteiger partial charge is 0.312 e. The number of amides is 2. The Kier molecular flexibility index (Phi) is 7.36.